The highest BCUT2D eigenvalue weighted by Gasteiger charge is 2.39. The fourth-order valence-electron chi connectivity index (χ4n) is 3.02. The number of allylic oxidation sites excluding steroid dienone is 4. The zero-order valence-corrected chi connectivity index (χ0v) is 17.2. The molecule has 166 valence electrons. The van der Waals surface area contributed by atoms with Gasteiger partial charge in [-0.1, -0.05) is 6.92 Å². The summed E-state index contributed by atoms with van der Waals surface area (Å²) in [6.45, 7) is 1.60. The lowest BCUT2D eigenvalue weighted by Crippen LogP contribution is -2.23. The van der Waals surface area contributed by atoms with Crippen LogP contribution in [-0.2, 0) is 21.7 Å². The van der Waals surface area contributed by atoms with E-state index in [4.69, 9.17) is 18.9 Å². The summed E-state index contributed by atoms with van der Waals surface area (Å²) in [5.74, 6) is 0.227. The number of hydrogen-bond donors (Lipinski definition) is 0. The van der Waals surface area contributed by atoms with Gasteiger partial charge in [-0.2, -0.15) is 17.6 Å². The summed E-state index contributed by atoms with van der Waals surface area (Å²) in [6, 6.07) is 10.4. The van der Waals surface area contributed by atoms with Gasteiger partial charge in [0.15, 0.2) is 0 Å². The Balaban J connectivity index is 1.72. The number of ether oxygens (including phenoxy) is 4. The van der Waals surface area contributed by atoms with Crippen molar-refractivity contribution in [3.8, 4) is 11.5 Å². The first-order chi connectivity index (χ1) is 14.6. The van der Waals surface area contributed by atoms with E-state index in [1.165, 1.54) is 74.9 Å². The summed E-state index contributed by atoms with van der Waals surface area (Å²) in [6.07, 6.45) is -4.75. The molecule has 31 heavy (non-hydrogen) atoms. The molecule has 4 nitrogen and oxygen atoms in total. The molecule has 0 heterocycles. The smallest absolute Gasteiger partial charge is 0.426 e. The van der Waals surface area contributed by atoms with Crippen molar-refractivity contribution < 1.29 is 36.5 Å². The van der Waals surface area contributed by atoms with Gasteiger partial charge in [-0.3, -0.25) is 0 Å². The fraction of sp³-hybridized carbons (Fsp3) is 0.304. The van der Waals surface area contributed by atoms with Crippen LogP contribution in [-0.4, -0.2) is 14.2 Å². The lowest BCUT2D eigenvalue weighted by molar-refractivity contribution is -0.235. The standard InChI is InChI=1S/C23H22F4O4/c1-15-14-20(30-22(24,25)16-4-8-18(28-2)9-5-16)12-13-21(15)31-23(26,27)17-6-10-19(29-3)11-7-17/h4-13,15H,14H2,1-3H3. The van der Waals surface area contributed by atoms with E-state index in [0.29, 0.717) is 11.5 Å². The second-order valence-corrected chi connectivity index (χ2v) is 7.00. The highest BCUT2D eigenvalue weighted by molar-refractivity contribution is 5.31. The predicted octanol–water partition coefficient (Wildman–Crippen LogP) is 6.34. The highest BCUT2D eigenvalue weighted by atomic mass is 19.3. The molecule has 0 bridgehead atoms. The van der Waals surface area contributed by atoms with Crippen LogP contribution in [0.3, 0.4) is 0 Å². The van der Waals surface area contributed by atoms with E-state index < -0.39 is 18.1 Å². The molecule has 0 N–H and O–H groups in total. The lowest BCUT2D eigenvalue weighted by atomic mass is 9.99. The molecule has 8 heteroatoms. The Morgan fingerprint density at radius 2 is 1.16 bits per heavy atom. The third kappa shape index (κ3) is 5.31. The van der Waals surface area contributed by atoms with Gasteiger partial charge in [-0.25, -0.2) is 0 Å². The summed E-state index contributed by atoms with van der Waals surface area (Å²) >= 11 is 0. The summed E-state index contributed by atoms with van der Waals surface area (Å²) in [5.41, 5.74) is -0.697. The van der Waals surface area contributed by atoms with Crippen molar-refractivity contribution in [3.05, 3.63) is 83.3 Å². The maximum absolute atomic E-state index is 14.5. The third-order valence-corrected chi connectivity index (χ3v) is 4.78. The van der Waals surface area contributed by atoms with Crippen molar-refractivity contribution in [1.29, 1.82) is 0 Å². The Kier molecular flexibility index (Phi) is 6.48. The van der Waals surface area contributed by atoms with Crippen LogP contribution in [0.2, 0.25) is 0 Å². The SMILES string of the molecule is COc1ccc(C(F)(F)OC2=CC=C(OC(F)(F)c3ccc(OC)cc3)C(C)C2)cc1. The molecule has 3 rings (SSSR count). The zero-order valence-electron chi connectivity index (χ0n) is 17.2. The maximum Gasteiger partial charge on any atom is 0.426 e. The Labute approximate surface area is 177 Å². The van der Waals surface area contributed by atoms with Gasteiger partial charge in [-0.05, 0) is 60.7 Å². The molecule has 1 unspecified atom stereocenters. The molecule has 2 aromatic rings. The van der Waals surface area contributed by atoms with Crippen LogP contribution in [0.5, 0.6) is 11.5 Å². The number of benzene rings is 2. The van der Waals surface area contributed by atoms with Crippen LogP contribution in [0.25, 0.3) is 0 Å². The van der Waals surface area contributed by atoms with Crippen LogP contribution in [0.15, 0.2) is 72.2 Å². The Morgan fingerprint density at radius 3 is 1.58 bits per heavy atom. The van der Waals surface area contributed by atoms with E-state index >= 15 is 0 Å². The average molecular weight is 438 g/mol. The summed E-state index contributed by atoms with van der Waals surface area (Å²) < 4.78 is 77.7. The first-order valence-corrected chi connectivity index (χ1v) is 9.48. The molecule has 0 spiro atoms. The number of rotatable bonds is 8. The van der Waals surface area contributed by atoms with Crippen molar-refractivity contribution in [2.24, 2.45) is 5.92 Å². The monoisotopic (exact) mass is 438 g/mol. The van der Waals surface area contributed by atoms with Gasteiger partial charge in [-0.15, -0.1) is 0 Å². The minimum Gasteiger partial charge on any atom is -0.497 e. The molecule has 1 aliphatic rings. The highest BCUT2D eigenvalue weighted by Crippen LogP contribution is 2.40. The topological polar surface area (TPSA) is 36.9 Å². The van der Waals surface area contributed by atoms with E-state index in [1.54, 1.807) is 6.92 Å². The Morgan fingerprint density at radius 1 is 0.710 bits per heavy atom. The van der Waals surface area contributed by atoms with Crippen molar-refractivity contribution >= 4 is 0 Å². The quantitative estimate of drug-likeness (QED) is 0.451. The molecule has 2 aromatic carbocycles. The van der Waals surface area contributed by atoms with E-state index in [2.05, 4.69) is 0 Å². The zero-order chi connectivity index (χ0) is 22.6. The Hall–Kier alpha value is -3.16. The Bertz CT molecular complexity index is 951. The summed E-state index contributed by atoms with van der Waals surface area (Å²) in [5, 5.41) is 0. The van der Waals surface area contributed by atoms with Crippen molar-refractivity contribution in [2.45, 2.75) is 25.6 Å². The summed E-state index contributed by atoms with van der Waals surface area (Å²) in [4.78, 5) is 0. The minimum absolute atomic E-state index is 0.0176. The number of hydrogen-bond acceptors (Lipinski definition) is 4. The van der Waals surface area contributed by atoms with Crippen LogP contribution in [0.4, 0.5) is 17.6 Å². The number of halogens is 4. The van der Waals surface area contributed by atoms with E-state index in [1.807, 2.05) is 0 Å². The normalized spacial score (nSPS) is 16.8. The maximum atomic E-state index is 14.5. The molecule has 0 aliphatic heterocycles. The van der Waals surface area contributed by atoms with Crippen molar-refractivity contribution in [1.82, 2.24) is 0 Å². The molecular weight excluding hydrogens is 416 g/mol. The number of methoxy groups -OCH3 is 2. The van der Waals surface area contributed by atoms with Gasteiger partial charge < -0.3 is 18.9 Å². The molecule has 0 radical (unpaired) electrons. The third-order valence-electron chi connectivity index (χ3n) is 4.78. The molecule has 0 amide bonds. The van der Waals surface area contributed by atoms with Crippen LogP contribution < -0.4 is 9.47 Å². The van der Waals surface area contributed by atoms with Crippen LogP contribution in [0, 0.1) is 5.92 Å². The first-order valence-electron chi connectivity index (χ1n) is 9.48. The van der Waals surface area contributed by atoms with Crippen LogP contribution >= 0.6 is 0 Å². The molecule has 0 saturated heterocycles. The minimum atomic E-state index is -3.59. The second-order valence-electron chi connectivity index (χ2n) is 7.00. The fourth-order valence-corrected chi connectivity index (χ4v) is 3.02. The summed E-state index contributed by atoms with van der Waals surface area (Å²) in [7, 11) is 2.87. The molecule has 0 saturated carbocycles. The molecular formula is C23H22F4O4. The largest absolute Gasteiger partial charge is 0.497 e. The molecule has 0 fully saturated rings. The van der Waals surface area contributed by atoms with Crippen molar-refractivity contribution in [3.63, 3.8) is 0 Å². The molecule has 0 aromatic heterocycles. The molecule has 1 aliphatic carbocycles. The van der Waals surface area contributed by atoms with E-state index in [-0.39, 0.29) is 29.1 Å². The van der Waals surface area contributed by atoms with Gasteiger partial charge in [0.25, 0.3) is 0 Å². The lowest BCUT2D eigenvalue weighted by Gasteiger charge is -2.28. The van der Waals surface area contributed by atoms with E-state index in [0.717, 1.165) is 0 Å². The van der Waals surface area contributed by atoms with Gasteiger partial charge in [0.1, 0.15) is 23.0 Å². The van der Waals surface area contributed by atoms with Gasteiger partial charge in [0.05, 0.1) is 25.3 Å². The van der Waals surface area contributed by atoms with E-state index in [9.17, 15) is 17.6 Å². The van der Waals surface area contributed by atoms with Gasteiger partial charge in [0.2, 0.25) is 0 Å². The molecule has 1 atom stereocenters. The van der Waals surface area contributed by atoms with Gasteiger partial charge >= 0.3 is 12.2 Å². The second kappa shape index (κ2) is 8.91. The van der Waals surface area contributed by atoms with Crippen LogP contribution in [0.1, 0.15) is 24.5 Å². The van der Waals surface area contributed by atoms with Gasteiger partial charge in [0, 0.05) is 12.3 Å². The predicted molar refractivity (Wildman–Crippen MR) is 106 cm³/mol. The number of alkyl halides is 4. The first kappa shape index (κ1) is 22.5. The average Bonchev–Trinajstić information content (AvgIpc) is 2.75. The van der Waals surface area contributed by atoms with Crippen molar-refractivity contribution in [2.75, 3.05) is 14.2 Å².